The lowest BCUT2D eigenvalue weighted by molar-refractivity contribution is 0.0677. The Morgan fingerprint density at radius 1 is 1.56 bits per heavy atom. The molecule has 2 N–H and O–H groups in total. The number of rotatable bonds is 2. The normalized spacial score (nSPS) is 20.1. The molecule has 1 amide bonds. The van der Waals surface area contributed by atoms with E-state index >= 15 is 0 Å². The van der Waals surface area contributed by atoms with Crippen LogP contribution in [0.2, 0.25) is 0 Å². The zero-order valence-corrected chi connectivity index (χ0v) is 8.83. The number of aromatic nitrogens is 1. The van der Waals surface area contributed by atoms with Crippen molar-refractivity contribution in [2.45, 2.75) is 18.9 Å². The van der Waals surface area contributed by atoms with Crippen LogP contribution < -0.4 is 0 Å². The molecule has 0 aromatic carbocycles. The van der Waals surface area contributed by atoms with E-state index in [9.17, 15) is 9.90 Å². The molecule has 1 saturated heterocycles. The zero-order chi connectivity index (χ0) is 11.5. The molecule has 86 valence electrons. The molecule has 1 atom stereocenters. The van der Waals surface area contributed by atoms with E-state index in [4.69, 9.17) is 5.11 Å². The van der Waals surface area contributed by atoms with E-state index in [0.717, 1.165) is 12.8 Å². The molecule has 2 heterocycles. The van der Waals surface area contributed by atoms with Crippen LogP contribution in [0.1, 0.15) is 23.2 Å². The lowest BCUT2D eigenvalue weighted by Crippen LogP contribution is -2.37. The number of aliphatic hydroxyl groups excluding tert-OH is 1. The maximum atomic E-state index is 12.0. The van der Waals surface area contributed by atoms with E-state index in [0.29, 0.717) is 12.1 Å². The lowest BCUT2D eigenvalue weighted by Gasteiger charge is -2.22. The summed E-state index contributed by atoms with van der Waals surface area (Å²) >= 11 is 0. The highest BCUT2D eigenvalue weighted by molar-refractivity contribution is 5.94. The van der Waals surface area contributed by atoms with Gasteiger partial charge < -0.3 is 15.1 Å². The summed E-state index contributed by atoms with van der Waals surface area (Å²) in [5.74, 6) is -0.203. The maximum Gasteiger partial charge on any atom is 0.255 e. The Morgan fingerprint density at radius 2 is 2.38 bits per heavy atom. The number of carbonyl (C=O) groups is 1. The van der Waals surface area contributed by atoms with Crippen LogP contribution in [-0.2, 0) is 0 Å². The average molecular weight is 222 g/mol. The van der Waals surface area contributed by atoms with Gasteiger partial charge in [-0.2, -0.15) is 0 Å². The van der Waals surface area contributed by atoms with Gasteiger partial charge in [0.2, 0.25) is 0 Å². The van der Waals surface area contributed by atoms with Crippen molar-refractivity contribution in [1.29, 1.82) is 0 Å². The van der Waals surface area contributed by atoms with E-state index in [-0.39, 0.29) is 24.3 Å². The number of hydrogen-bond acceptors (Lipinski definition) is 4. The highest BCUT2D eigenvalue weighted by atomic mass is 16.3. The Bertz CT molecular complexity index is 395. The summed E-state index contributed by atoms with van der Waals surface area (Å²) in [6.45, 7) is 0.637. The summed E-state index contributed by atoms with van der Waals surface area (Å²) < 4.78 is 0. The minimum absolute atomic E-state index is 0.0159. The standard InChI is InChI=1S/C11H14N2O3/c14-7-9-2-1-3-13(9)11(16)8-4-10(15)6-12-5-8/h4-6,9,14-15H,1-3,7H2. The molecule has 0 saturated carbocycles. The van der Waals surface area contributed by atoms with Gasteiger partial charge in [-0.3, -0.25) is 9.78 Å². The Hall–Kier alpha value is -1.62. The molecular weight excluding hydrogens is 208 g/mol. The van der Waals surface area contributed by atoms with Gasteiger partial charge in [0.25, 0.3) is 5.91 Å². The van der Waals surface area contributed by atoms with Crippen molar-refractivity contribution in [2.75, 3.05) is 13.2 Å². The first kappa shape index (κ1) is 10.9. The van der Waals surface area contributed by atoms with Gasteiger partial charge in [-0.25, -0.2) is 0 Å². The summed E-state index contributed by atoms with van der Waals surface area (Å²) in [7, 11) is 0. The summed E-state index contributed by atoms with van der Waals surface area (Å²) in [6, 6.07) is 1.29. The monoisotopic (exact) mass is 222 g/mol. The van der Waals surface area contributed by atoms with Gasteiger partial charge in [0.05, 0.1) is 24.4 Å². The van der Waals surface area contributed by atoms with Crippen molar-refractivity contribution in [3.05, 3.63) is 24.0 Å². The van der Waals surface area contributed by atoms with Crippen molar-refractivity contribution in [3.8, 4) is 5.75 Å². The molecule has 1 aliphatic heterocycles. The third-order valence-electron chi connectivity index (χ3n) is 2.82. The summed E-state index contributed by atoms with van der Waals surface area (Å²) in [6.07, 6.45) is 4.44. The van der Waals surface area contributed by atoms with Crippen molar-refractivity contribution < 1.29 is 15.0 Å². The molecule has 1 aromatic heterocycles. The minimum atomic E-state index is -0.181. The molecule has 0 spiro atoms. The Balaban J connectivity index is 2.18. The van der Waals surface area contributed by atoms with E-state index in [1.54, 1.807) is 4.90 Å². The average Bonchev–Trinajstić information content (AvgIpc) is 2.76. The molecule has 5 nitrogen and oxygen atoms in total. The van der Waals surface area contributed by atoms with Crippen LogP contribution in [0.25, 0.3) is 0 Å². The second-order valence-corrected chi connectivity index (χ2v) is 3.91. The quantitative estimate of drug-likeness (QED) is 0.759. The number of nitrogens with zero attached hydrogens (tertiary/aromatic N) is 2. The predicted molar refractivity (Wildman–Crippen MR) is 57.0 cm³/mol. The second kappa shape index (κ2) is 4.49. The molecule has 1 unspecified atom stereocenters. The smallest absolute Gasteiger partial charge is 0.255 e. The number of hydrogen-bond donors (Lipinski definition) is 2. The molecule has 5 heteroatoms. The van der Waals surface area contributed by atoms with Crippen LogP contribution in [0.15, 0.2) is 18.5 Å². The molecule has 1 aromatic rings. The van der Waals surface area contributed by atoms with Crippen LogP contribution in [-0.4, -0.2) is 45.2 Å². The topological polar surface area (TPSA) is 73.7 Å². The number of likely N-dealkylation sites (tertiary alicyclic amines) is 1. The number of pyridine rings is 1. The van der Waals surface area contributed by atoms with E-state index in [1.807, 2.05) is 0 Å². The van der Waals surface area contributed by atoms with E-state index < -0.39 is 0 Å². The Kier molecular flexibility index (Phi) is 3.05. The lowest BCUT2D eigenvalue weighted by atomic mass is 10.2. The molecule has 2 rings (SSSR count). The summed E-state index contributed by atoms with van der Waals surface area (Å²) in [5, 5.41) is 18.4. The van der Waals surface area contributed by atoms with Gasteiger partial charge in [-0.15, -0.1) is 0 Å². The van der Waals surface area contributed by atoms with Gasteiger partial charge in [-0.05, 0) is 18.9 Å². The summed E-state index contributed by atoms with van der Waals surface area (Å²) in [4.78, 5) is 17.4. The number of amides is 1. The van der Waals surface area contributed by atoms with Crippen molar-refractivity contribution in [2.24, 2.45) is 0 Å². The Labute approximate surface area is 93.3 Å². The first-order valence-corrected chi connectivity index (χ1v) is 5.28. The van der Waals surface area contributed by atoms with Gasteiger partial charge in [0.15, 0.2) is 0 Å². The van der Waals surface area contributed by atoms with Gasteiger partial charge in [0, 0.05) is 12.7 Å². The second-order valence-electron chi connectivity index (χ2n) is 3.91. The third-order valence-corrected chi connectivity index (χ3v) is 2.82. The minimum Gasteiger partial charge on any atom is -0.506 e. The van der Waals surface area contributed by atoms with Crippen LogP contribution in [0.5, 0.6) is 5.75 Å². The first-order valence-electron chi connectivity index (χ1n) is 5.28. The maximum absolute atomic E-state index is 12.0. The van der Waals surface area contributed by atoms with Gasteiger partial charge in [0.1, 0.15) is 5.75 Å². The predicted octanol–water partition coefficient (Wildman–Crippen LogP) is 0.384. The first-order chi connectivity index (χ1) is 7.72. The molecule has 0 aliphatic carbocycles. The van der Waals surface area contributed by atoms with Gasteiger partial charge in [-0.1, -0.05) is 0 Å². The van der Waals surface area contributed by atoms with Crippen LogP contribution >= 0.6 is 0 Å². The van der Waals surface area contributed by atoms with Crippen LogP contribution in [0.3, 0.4) is 0 Å². The fourth-order valence-corrected chi connectivity index (χ4v) is 2.00. The molecule has 1 aliphatic rings. The molecule has 0 radical (unpaired) electrons. The molecular formula is C11H14N2O3. The van der Waals surface area contributed by atoms with Crippen molar-refractivity contribution >= 4 is 5.91 Å². The summed E-state index contributed by atoms with van der Waals surface area (Å²) in [5.41, 5.74) is 0.361. The van der Waals surface area contributed by atoms with Crippen LogP contribution in [0.4, 0.5) is 0 Å². The fourth-order valence-electron chi connectivity index (χ4n) is 2.00. The Morgan fingerprint density at radius 3 is 3.06 bits per heavy atom. The fraction of sp³-hybridized carbons (Fsp3) is 0.455. The zero-order valence-electron chi connectivity index (χ0n) is 8.83. The number of carbonyl (C=O) groups excluding carboxylic acids is 1. The highest BCUT2D eigenvalue weighted by Crippen LogP contribution is 2.20. The molecule has 0 bridgehead atoms. The van der Waals surface area contributed by atoms with E-state index in [2.05, 4.69) is 4.98 Å². The van der Waals surface area contributed by atoms with Gasteiger partial charge >= 0.3 is 0 Å². The molecule has 16 heavy (non-hydrogen) atoms. The SMILES string of the molecule is O=C(c1cncc(O)c1)N1CCCC1CO. The molecule has 1 fully saturated rings. The number of aliphatic hydroxyl groups is 1. The third kappa shape index (κ3) is 1.99. The highest BCUT2D eigenvalue weighted by Gasteiger charge is 2.28. The van der Waals surface area contributed by atoms with Crippen LogP contribution in [0, 0.1) is 0 Å². The van der Waals surface area contributed by atoms with E-state index in [1.165, 1.54) is 18.5 Å². The van der Waals surface area contributed by atoms with Crippen molar-refractivity contribution in [1.82, 2.24) is 9.88 Å². The number of aromatic hydroxyl groups is 1. The van der Waals surface area contributed by atoms with Crippen molar-refractivity contribution in [3.63, 3.8) is 0 Å². The largest absolute Gasteiger partial charge is 0.506 e.